The Labute approximate surface area is 62.5 Å². The average Bonchev–Trinajstić information content (AvgIpc) is 1.95. The van der Waals surface area contributed by atoms with E-state index in [0.29, 0.717) is 5.75 Å². The molecular weight excluding hydrogens is 123 g/mol. The molecule has 0 unspecified atom stereocenters. The van der Waals surface area contributed by atoms with Crippen LogP contribution in [0.5, 0.6) is 5.75 Å². The van der Waals surface area contributed by atoms with Gasteiger partial charge in [-0.05, 0) is 37.1 Å². The van der Waals surface area contributed by atoms with Gasteiger partial charge in [-0.25, -0.2) is 0 Å². The lowest BCUT2D eigenvalue weighted by atomic mass is 10.1. The van der Waals surface area contributed by atoms with Gasteiger partial charge in [-0.3, -0.25) is 0 Å². The fourth-order valence-corrected chi connectivity index (χ4v) is 0.787. The minimum absolute atomic E-state index is 0.711. The van der Waals surface area contributed by atoms with E-state index in [-0.39, 0.29) is 0 Å². The molecule has 1 aromatic carbocycles. The van der Waals surface area contributed by atoms with Crippen molar-refractivity contribution < 1.29 is 4.65 Å². The Morgan fingerprint density at radius 1 is 1.20 bits per heavy atom. The Morgan fingerprint density at radius 3 is 2.40 bits per heavy atom. The molecule has 0 N–H and O–H groups in total. The van der Waals surface area contributed by atoms with Gasteiger partial charge < -0.3 is 4.65 Å². The zero-order valence-corrected chi connectivity index (χ0v) is 6.22. The molecule has 0 aliphatic heterocycles. The van der Waals surface area contributed by atoms with E-state index in [0.717, 1.165) is 0 Å². The van der Waals surface area contributed by atoms with E-state index in [1.807, 2.05) is 25.1 Å². The van der Waals surface area contributed by atoms with Crippen molar-refractivity contribution in [2.45, 2.75) is 13.8 Å². The van der Waals surface area contributed by atoms with Gasteiger partial charge in [0.05, 0.1) is 5.75 Å². The van der Waals surface area contributed by atoms with E-state index < -0.39 is 0 Å². The maximum atomic E-state index is 4.97. The molecule has 0 atom stereocenters. The molecule has 0 amide bonds. The fraction of sp³-hybridized carbons (Fsp3) is 0.250. The molecule has 1 rings (SSSR count). The third-order valence-corrected chi connectivity index (χ3v) is 1.61. The van der Waals surface area contributed by atoms with E-state index in [2.05, 4.69) is 11.6 Å². The summed E-state index contributed by atoms with van der Waals surface area (Å²) in [6.45, 7) is 4.08. The van der Waals surface area contributed by atoms with E-state index in [4.69, 9.17) is 8.05 Å². The molecule has 0 bridgehead atoms. The van der Waals surface area contributed by atoms with Crippen LogP contribution in [0.2, 0.25) is 0 Å². The van der Waals surface area contributed by atoms with Gasteiger partial charge in [0.2, 0.25) is 0 Å². The van der Waals surface area contributed by atoms with Crippen molar-refractivity contribution in [3.8, 4) is 5.75 Å². The number of hydrogen-bond acceptors (Lipinski definition) is 1. The summed E-state index contributed by atoms with van der Waals surface area (Å²) >= 11 is 0. The summed E-state index contributed by atoms with van der Waals surface area (Å²) in [6.07, 6.45) is 0. The predicted molar refractivity (Wildman–Crippen MR) is 42.3 cm³/mol. The highest BCUT2D eigenvalue weighted by Crippen LogP contribution is 2.14. The molecule has 10 heavy (non-hydrogen) atoms. The number of rotatable bonds is 1. The summed E-state index contributed by atoms with van der Waals surface area (Å²) in [5, 5.41) is 0. The standard InChI is InChI=1S/C8H9BO/c1-6-3-4-8(10-9)5-7(6)2/h3-5H,1-2H3. The molecule has 0 heterocycles. The van der Waals surface area contributed by atoms with E-state index in [1.54, 1.807) is 0 Å². The van der Waals surface area contributed by atoms with Crippen molar-refractivity contribution in [1.82, 2.24) is 0 Å². The fourth-order valence-electron chi connectivity index (χ4n) is 0.787. The van der Waals surface area contributed by atoms with Gasteiger partial charge in [0, 0.05) is 0 Å². The molecule has 0 saturated heterocycles. The largest absolute Gasteiger partial charge is 0.568 e. The normalized spacial score (nSPS) is 9.40. The Kier molecular flexibility index (Phi) is 2.00. The first-order valence-electron chi connectivity index (χ1n) is 3.18. The Hall–Kier alpha value is -0.915. The number of aryl methyl sites for hydroxylation is 2. The summed E-state index contributed by atoms with van der Waals surface area (Å²) < 4.78 is 4.55. The topological polar surface area (TPSA) is 9.23 Å². The zero-order chi connectivity index (χ0) is 7.56. The van der Waals surface area contributed by atoms with E-state index >= 15 is 0 Å². The van der Waals surface area contributed by atoms with Crippen LogP contribution in [0.4, 0.5) is 0 Å². The van der Waals surface area contributed by atoms with Gasteiger partial charge in [0.15, 0.2) is 0 Å². The van der Waals surface area contributed by atoms with Crippen LogP contribution < -0.4 is 4.65 Å². The Morgan fingerprint density at radius 2 is 1.90 bits per heavy atom. The highest BCUT2D eigenvalue weighted by molar-refractivity contribution is 5.99. The van der Waals surface area contributed by atoms with Crippen molar-refractivity contribution in [1.29, 1.82) is 0 Å². The van der Waals surface area contributed by atoms with Crippen molar-refractivity contribution in [2.75, 3.05) is 0 Å². The second-order valence-electron chi connectivity index (χ2n) is 2.36. The molecule has 0 aliphatic rings. The number of hydrogen-bond donors (Lipinski definition) is 0. The third-order valence-electron chi connectivity index (χ3n) is 1.61. The maximum absolute atomic E-state index is 4.97. The SMILES string of the molecule is [B]Oc1ccc(C)c(C)c1. The Bertz CT molecular complexity index is 233. The minimum atomic E-state index is 0.711. The first-order valence-corrected chi connectivity index (χ1v) is 3.18. The summed E-state index contributed by atoms with van der Waals surface area (Å²) in [7, 11) is 4.97. The summed E-state index contributed by atoms with van der Waals surface area (Å²) in [5.41, 5.74) is 2.45. The van der Waals surface area contributed by atoms with Crippen molar-refractivity contribution >= 4 is 8.05 Å². The van der Waals surface area contributed by atoms with Crippen LogP contribution >= 0.6 is 0 Å². The van der Waals surface area contributed by atoms with Gasteiger partial charge in [-0.15, -0.1) is 0 Å². The van der Waals surface area contributed by atoms with Gasteiger partial charge >= 0.3 is 8.05 Å². The van der Waals surface area contributed by atoms with Crippen LogP contribution in [-0.2, 0) is 0 Å². The molecular formula is C8H9BO. The van der Waals surface area contributed by atoms with Crippen LogP contribution in [0.3, 0.4) is 0 Å². The van der Waals surface area contributed by atoms with Gasteiger partial charge in [-0.1, -0.05) is 6.07 Å². The molecule has 0 aliphatic carbocycles. The molecule has 50 valence electrons. The minimum Gasteiger partial charge on any atom is -0.568 e. The van der Waals surface area contributed by atoms with Gasteiger partial charge in [-0.2, -0.15) is 0 Å². The molecule has 0 saturated carbocycles. The lowest BCUT2D eigenvalue weighted by Crippen LogP contribution is -1.86. The summed E-state index contributed by atoms with van der Waals surface area (Å²) in [6, 6.07) is 5.75. The van der Waals surface area contributed by atoms with Gasteiger partial charge in [0.1, 0.15) is 0 Å². The summed E-state index contributed by atoms with van der Waals surface area (Å²) in [4.78, 5) is 0. The van der Waals surface area contributed by atoms with Crippen LogP contribution in [0, 0.1) is 13.8 Å². The lowest BCUT2D eigenvalue weighted by Gasteiger charge is -2.02. The van der Waals surface area contributed by atoms with Gasteiger partial charge in [0.25, 0.3) is 0 Å². The molecule has 0 aromatic heterocycles. The van der Waals surface area contributed by atoms with Crippen molar-refractivity contribution in [3.63, 3.8) is 0 Å². The highest BCUT2D eigenvalue weighted by atomic mass is 16.4. The smallest absolute Gasteiger partial charge is 0.374 e. The van der Waals surface area contributed by atoms with Crippen molar-refractivity contribution in [2.24, 2.45) is 0 Å². The van der Waals surface area contributed by atoms with Crippen LogP contribution in [0.25, 0.3) is 0 Å². The molecule has 1 aromatic rings. The van der Waals surface area contributed by atoms with Crippen molar-refractivity contribution in [3.05, 3.63) is 29.3 Å². The van der Waals surface area contributed by atoms with Crippen LogP contribution in [-0.4, -0.2) is 8.05 Å². The van der Waals surface area contributed by atoms with Crippen LogP contribution in [0.15, 0.2) is 18.2 Å². The Balaban J connectivity index is 3.04. The highest BCUT2D eigenvalue weighted by Gasteiger charge is 1.92. The monoisotopic (exact) mass is 132 g/mol. The lowest BCUT2D eigenvalue weighted by molar-refractivity contribution is 0.615. The van der Waals surface area contributed by atoms with Crippen LogP contribution in [0.1, 0.15) is 11.1 Å². The second-order valence-corrected chi connectivity index (χ2v) is 2.36. The molecule has 1 nitrogen and oxygen atoms in total. The average molecular weight is 132 g/mol. The molecule has 2 heteroatoms. The first kappa shape index (κ1) is 7.20. The quantitative estimate of drug-likeness (QED) is 0.529. The predicted octanol–water partition coefficient (Wildman–Crippen LogP) is 1.77. The molecule has 2 radical (unpaired) electrons. The first-order chi connectivity index (χ1) is 4.74. The number of benzene rings is 1. The van der Waals surface area contributed by atoms with E-state index in [9.17, 15) is 0 Å². The third kappa shape index (κ3) is 1.32. The second kappa shape index (κ2) is 2.78. The maximum Gasteiger partial charge on any atom is 0.374 e. The van der Waals surface area contributed by atoms with E-state index in [1.165, 1.54) is 11.1 Å². The molecule has 0 fully saturated rings. The molecule has 0 spiro atoms. The zero-order valence-electron chi connectivity index (χ0n) is 6.22. The summed E-state index contributed by atoms with van der Waals surface area (Å²) in [5.74, 6) is 0.711.